The molecule has 1 amide bonds. The van der Waals surface area contributed by atoms with Crippen LogP contribution in [-0.2, 0) is 11.2 Å². The highest BCUT2D eigenvalue weighted by Gasteiger charge is 2.10. The highest BCUT2D eigenvalue weighted by atomic mass is 35.5. The quantitative estimate of drug-likeness (QED) is 0.910. The van der Waals surface area contributed by atoms with Crippen molar-refractivity contribution in [3.63, 3.8) is 0 Å². The number of halogens is 2. The van der Waals surface area contributed by atoms with Gasteiger partial charge < -0.3 is 10.4 Å². The van der Waals surface area contributed by atoms with E-state index in [1.54, 1.807) is 0 Å². The molecule has 0 spiro atoms. The Morgan fingerprint density at radius 2 is 1.81 bits per heavy atom. The van der Waals surface area contributed by atoms with Gasteiger partial charge in [-0.3, -0.25) is 4.79 Å². The molecule has 0 fully saturated rings. The average molecular weight is 308 g/mol. The molecule has 0 saturated carbocycles. The third-order valence-electron chi connectivity index (χ3n) is 2.76. The summed E-state index contributed by atoms with van der Waals surface area (Å²) in [7, 11) is 0. The van der Waals surface area contributed by atoms with Gasteiger partial charge in [0.2, 0.25) is 5.91 Å². The van der Waals surface area contributed by atoms with Crippen molar-refractivity contribution in [1.29, 1.82) is 0 Å². The molecule has 0 saturated heterocycles. The van der Waals surface area contributed by atoms with Gasteiger partial charge in [0, 0.05) is 5.69 Å². The van der Waals surface area contributed by atoms with E-state index < -0.39 is 5.97 Å². The van der Waals surface area contributed by atoms with Gasteiger partial charge >= 0.3 is 5.97 Å². The van der Waals surface area contributed by atoms with E-state index in [4.69, 9.17) is 16.7 Å². The number of hydrogen-bond donors (Lipinski definition) is 2. The lowest BCUT2D eigenvalue weighted by molar-refractivity contribution is -0.115. The minimum Gasteiger partial charge on any atom is -0.478 e. The second-order valence-corrected chi connectivity index (χ2v) is 4.76. The van der Waals surface area contributed by atoms with Crippen molar-refractivity contribution in [1.82, 2.24) is 0 Å². The van der Waals surface area contributed by atoms with Gasteiger partial charge in [-0.15, -0.1) is 0 Å². The van der Waals surface area contributed by atoms with Gasteiger partial charge in [0.1, 0.15) is 5.82 Å². The van der Waals surface area contributed by atoms with Crippen LogP contribution in [0.3, 0.4) is 0 Å². The number of carbonyl (C=O) groups excluding carboxylic acids is 1. The molecule has 2 N–H and O–H groups in total. The van der Waals surface area contributed by atoms with Crippen molar-refractivity contribution in [3.8, 4) is 0 Å². The molecule has 108 valence electrons. The number of carbonyl (C=O) groups is 2. The summed E-state index contributed by atoms with van der Waals surface area (Å²) in [6.45, 7) is 0. The normalized spacial score (nSPS) is 10.2. The average Bonchev–Trinajstić information content (AvgIpc) is 2.41. The second-order valence-electron chi connectivity index (χ2n) is 4.35. The van der Waals surface area contributed by atoms with Crippen LogP contribution in [0.2, 0.25) is 5.02 Å². The van der Waals surface area contributed by atoms with E-state index in [0.29, 0.717) is 11.3 Å². The molecule has 0 atom stereocenters. The monoisotopic (exact) mass is 307 g/mol. The van der Waals surface area contributed by atoms with Crippen LogP contribution in [0.4, 0.5) is 10.1 Å². The van der Waals surface area contributed by atoms with Crippen LogP contribution in [0.25, 0.3) is 0 Å². The second kappa shape index (κ2) is 6.37. The summed E-state index contributed by atoms with van der Waals surface area (Å²) in [4.78, 5) is 22.7. The molecule has 0 aliphatic carbocycles. The highest BCUT2D eigenvalue weighted by Crippen LogP contribution is 2.21. The third kappa shape index (κ3) is 4.03. The first-order valence-corrected chi connectivity index (χ1v) is 6.40. The van der Waals surface area contributed by atoms with Gasteiger partial charge in [0.25, 0.3) is 0 Å². The Morgan fingerprint density at radius 1 is 1.14 bits per heavy atom. The van der Waals surface area contributed by atoms with Crippen molar-refractivity contribution in [3.05, 3.63) is 64.4 Å². The Hall–Kier alpha value is -2.40. The first-order chi connectivity index (χ1) is 9.95. The van der Waals surface area contributed by atoms with Crippen LogP contribution < -0.4 is 5.32 Å². The van der Waals surface area contributed by atoms with Gasteiger partial charge in [-0.05, 0) is 35.9 Å². The SMILES string of the molecule is O=C(Cc1ccc(F)cc1)Nc1ccc(C(=O)O)c(Cl)c1. The Bertz CT molecular complexity index is 686. The molecular weight excluding hydrogens is 297 g/mol. The first-order valence-electron chi connectivity index (χ1n) is 6.03. The van der Waals surface area contributed by atoms with Gasteiger partial charge in [0.05, 0.1) is 17.0 Å². The fourth-order valence-corrected chi connectivity index (χ4v) is 2.02. The van der Waals surface area contributed by atoms with E-state index in [9.17, 15) is 14.0 Å². The molecule has 0 bridgehead atoms. The lowest BCUT2D eigenvalue weighted by Gasteiger charge is -2.07. The van der Waals surface area contributed by atoms with Crippen molar-refractivity contribution >= 4 is 29.2 Å². The largest absolute Gasteiger partial charge is 0.478 e. The van der Waals surface area contributed by atoms with E-state index in [2.05, 4.69) is 5.32 Å². The van der Waals surface area contributed by atoms with Gasteiger partial charge in [-0.1, -0.05) is 23.7 Å². The molecule has 0 aliphatic heterocycles. The topological polar surface area (TPSA) is 66.4 Å². The summed E-state index contributed by atoms with van der Waals surface area (Å²) in [5.74, 6) is -1.81. The van der Waals surface area contributed by atoms with Crippen molar-refractivity contribution in [2.45, 2.75) is 6.42 Å². The number of hydrogen-bond acceptors (Lipinski definition) is 2. The summed E-state index contributed by atoms with van der Waals surface area (Å²) in [6.07, 6.45) is 0.0819. The molecule has 2 rings (SSSR count). The molecule has 0 aliphatic rings. The zero-order chi connectivity index (χ0) is 15.4. The minimum absolute atomic E-state index is 0.0341. The summed E-state index contributed by atoms with van der Waals surface area (Å²) in [5.41, 5.74) is 1.03. The van der Waals surface area contributed by atoms with E-state index in [1.165, 1.54) is 42.5 Å². The Balaban J connectivity index is 2.04. The van der Waals surface area contributed by atoms with Crippen LogP contribution in [0.5, 0.6) is 0 Å². The Labute approximate surface area is 125 Å². The number of rotatable bonds is 4. The molecule has 6 heteroatoms. The number of anilines is 1. The van der Waals surface area contributed by atoms with Crippen LogP contribution in [0.15, 0.2) is 42.5 Å². The van der Waals surface area contributed by atoms with Crippen molar-refractivity contribution in [2.75, 3.05) is 5.32 Å². The van der Waals surface area contributed by atoms with E-state index in [1.807, 2.05) is 0 Å². The standard InChI is InChI=1S/C15H11ClFNO3/c16-13-8-11(5-6-12(13)15(20)21)18-14(19)7-9-1-3-10(17)4-2-9/h1-6,8H,7H2,(H,18,19)(H,20,21). The molecule has 2 aromatic carbocycles. The lowest BCUT2D eigenvalue weighted by atomic mass is 10.1. The van der Waals surface area contributed by atoms with Crippen LogP contribution in [-0.4, -0.2) is 17.0 Å². The van der Waals surface area contributed by atoms with Crippen molar-refractivity contribution < 1.29 is 19.1 Å². The predicted octanol–water partition coefficient (Wildman–Crippen LogP) is 3.36. The highest BCUT2D eigenvalue weighted by molar-refractivity contribution is 6.33. The third-order valence-corrected chi connectivity index (χ3v) is 3.07. The number of carboxylic acid groups (broad SMARTS) is 1. The summed E-state index contributed by atoms with van der Waals surface area (Å²) in [5, 5.41) is 11.5. The van der Waals surface area contributed by atoms with Crippen molar-refractivity contribution in [2.24, 2.45) is 0 Å². The van der Waals surface area contributed by atoms with Crippen LogP contribution in [0, 0.1) is 5.82 Å². The first kappa shape index (κ1) is 15.0. The van der Waals surface area contributed by atoms with Crippen LogP contribution in [0.1, 0.15) is 15.9 Å². The summed E-state index contributed by atoms with van der Waals surface area (Å²) >= 11 is 5.81. The zero-order valence-corrected chi connectivity index (χ0v) is 11.5. The van der Waals surface area contributed by atoms with E-state index in [-0.39, 0.29) is 28.7 Å². The molecule has 0 aromatic heterocycles. The number of nitrogens with one attached hydrogen (secondary N) is 1. The fourth-order valence-electron chi connectivity index (χ4n) is 1.76. The molecular formula is C15H11ClFNO3. The zero-order valence-electron chi connectivity index (χ0n) is 10.8. The number of benzene rings is 2. The number of aromatic carboxylic acids is 1. The maximum absolute atomic E-state index is 12.8. The molecule has 0 radical (unpaired) electrons. The van der Waals surface area contributed by atoms with Gasteiger partial charge in [0.15, 0.2) is 0 Å². The number of amides is 1. The lowest BCUT2D eigenvalue weighted by Crippen LogP contribution is -2.14. The predicted molar refractivity (Wildman–Crippen MR) is 77.1 cm³/mol. The maximum Gasteiger partial charge on any atom is 0.337 e. The van der Waals surface area contributed by atoms with E-state index >= 15 is 0 Å². The van der Waals surface area contributed by atoms with Crippen LogP contribution >= 0.6 is 11.6 Å². The fraction of sp³-hybridized carbons (Fsp3) is 0.0667. The molecule has 0 unspecified atom stereocenters. The minimum atomic E-state index is -1.14. The molecule has 2 aromatic rings. The summed E-state index contributed by atoms with van der Waals surface area (Å²) < 4.78 is 12.8. The maximum atomic E-state index is 12.8. The van der Waals surface area contributed by atoms with E-state index in [0.717, 1.165) is 0 Å². The van der Waals surface area contributed by atoms with Gasteiger partial charge in [-0.25, -0.2) is 9.18 Å². The van der Waals surface area contributed by atoms with Gasteiger partial charge in [-0.2, -0.15) is 0 Å². The molecule has 0 heterocycles. The summed E-state index contributed by atoms with van der Waals surface area (Å²) in [6, 6.07) is 9.75. The molecule has 4 nitrogen and oxygen atoms in total. The molecule has 21 heavy (non-hydrogen) atoms. The Kier molecular flexibility index (Phi) is 4.55. The number of carboxylic acids is 1. The smallest absolute Gasteiger partial charge is 0.337 e. The Morgan fingerprint density at radius 3 is 2.38 bits per heavy atom.